The number of nitrogens with one attached hydrogen (secondary N) is 1. The maximum atomic E-state index is 11.4. The Labute approximate surface area is 82.4 Å². The van der Waals surface area contributed by atoms with Gasteiger partial charge in [0.2, 0.25) is 0 Å². The third-order valence-corrected chi connectivity index (χ3v) is 2.57. The number of carbonyl (C=O) groups excluding carboxylic acids is 1. The molecule has 2 heterocycles. The highest BCUT2D eigenvalue weighted by atomic mass is 32.1. The number of rotatable bonds is 2. The molecule has 2 aromatic rings. The number of aromatic nitrogens is 2. The molecule has 4 nitrogen and oxygen atoms in total. The van der Waals surface area contributed by atoms with E-state index >= 15 is 0 Å². The zero-order valence-electron chi connectivity index (χ0n) is 6.43. The van der Waals surface area contributed by atoms with E-state index in [1.165, 1.54) is 22.9 Å². The number of nitrogens with zero attached hydrogens (tertiary/aromatic N) is 2. The Balaban J connectivity index is 2.08. The van der Waals surface area contributed by atoms with E-state index in [0.717, 1.165) is 0 Å². The van der Waals surface area contributed by atoms with Crippen molar-refractivity contribution in [2.45, 2.75) is 0 Å². The van der Waals surface area contributed by atoms with E-state index in [0.29, 0.717) is 11.4 Å². The van der Waals surface area contributed by atoms with Gasteiger partial charge in [0, 0.05) is 5.38 Å². The fourth-order valence-corrected chi connectivity index (χ4v) is 1.83. The Kier molecular flexibility index (Phi) is 2.33. The highest BCUT2D eigenvalue weighted by Gasteiger charge is 2.06. The first kappa shape index (κ1) is 8.33. The van der Waals surface area contributed by atoms with Crippen LogP contribution in [-0.4, -0.2) is 15.5 Å². The predicted octanol–water partition coefficient (Wildman–Crippen LogP) is 1.85. The summed E-state index contributed by atoms with van der Waals surface area (Å²) in [4.78, 5) is 11.4. The van der Waals surface area contributed by atoms with Crippen LogP contribution >= 0.6 is 22.9 Å². The molecule has 0 atom stereocenters. The fraction of sp³-hybridized carbons (Fsp3) is 0. The number of thiophene rings is 1. The fourth-order valence-electron chi connectivity index (χ4n) is 0.801. The van der Waals surface area contributed by atoms with Crippen molar-refractivity contribution in [3.05, 3.63) is 27.8 Å². The van der Waals surface area contributed by atoms with Gasteiger partial charge in [-0.15, -0.1) is 5.10 Å². The summed E-state index contributed by atoms with van der Waals surface area (Å²) in [7, 11) is 0. The SMILES string of the molecule is O=C(Nc1csnn1)c1ccsc1. The summed E-state index contributed by atoms with van der Waals surface area (Å²) in [5.74, 6) is 0.357. The van der Waals surface area contributed by atoms with Gasteiger partial charge in [0.15, 0.2) is 5.82 Å². The Hall–Kier alpha value is -1.27. The first-order valence-electron chi connectivity index (χ1n) is 3.47. The van der Waals surface area contributed by atoms with Gasteiger partial charge < -0.3 is 5.32 Å². The van der Waals surface area contributed by atoms with Crippen LogP contribution in [0.15, 0.2) is 22.2 Å². The highest BCUT2D eigenvalue weighted by Crippen LogP contribution is 2.09. The van der Waals surface area contributed by atoms with E-state index in [2.05, 4.69) is 14.9 Å². The van der Waals surface area contributed by atoms with Gasteiger partial charge in [0.1, 0.15) is 0 Å². The van der Waals surface area contributed by atoms with Crippen molar-refractivity contribution < 1.29 is 4.79 Å². The van der Waals surface area contributed by atoms with Crippen molar-refractivity contribution in [3.63, 3.8) is 0 Å². The summed E-state index contributed by atoms with van der Waals surface area (Å²) in [6.45, 7) is 0. The summed E-state index contributed by atoms with van der Waals surface area (Å²) in [5.41, 5.74) is 0.651. The molecule has 2 aromatic heterocycles. The molecule has 0 aliphatic rings. The van der Waals surface area contributed by atoms with Crippen LogP contribution in [0.2, 0.25) is 0 Å². The van der Waals surface area contributed by atoms with Gasteiger partial charge in [-0.1, -0.05) is 4.49 Å². The standard InChI is InChI=1S/C7H5N3OS2/c11-7(5-1-2-12-3-5)8-6-4-13-10-9-6/h1-4H,(H,8,11). The summed E-state index contributed by atoms with van der Waals surface area (Å²) < 4.78 is 3.64. The maximum absolute atomic E-state index is 11.4. The summed E-state index contributed by atoms with van der Waals surface area (Å²) in [5, 5.41) is 11.7. The molecule has 0 bridgehead atoms. The average Bonchev–Trinajstić information content (AvgIpc) is 2.74. The summed E-state index contributed by atoms with van der Waals surface area (Å²) in [6.07, 6.45) is 0. The molecule has 0 fully saturated rings. The molecule has 1 amide bonds. The molecule has 0 radical (unpaired) electrons. The Morgan fingerprint density at radius 3 is 3.00 bits per heavy atom. The third kappa shape index (κ3) is 1.90. The van der Waals surface area contributed by atoms with Crippen molar-refractivity contribution in [2.75, 3.05) is 5.32 Å². The first-order chi connectivity index (χ1) is 6.36. The van der Waals surface area contributed by atoms with Crippen LogP contribution in [0.1, 0.15) is 10.4 Å². The van der Waals surface area contributed by atoms with Crippen molar-refractivity contribution in [1.29, 1.82) is 0 Å². The molecule has 66 valence electrons. The molecule has 0 aliphatic heterocycles. The van der Waals surface area contributed by atoms with Crippen LogP contribution in [0, 0.1) is 0 Å². The second-order valence-electron chi connectivity index (χ2n) is 2.26. The zero-order chi connectivity index (χ0) is 9.10. The smallest absolute Gasteiger partial charge is 0.257 e. The zero-order valence-corrected chi connectivity index (χ0v) is 8.06. The van der Waals surface area contributed by atoms with Gasteiger partial charge in [-0.3, -0.25) is 4.79 Å². The van der Waals surface area contributed by atoms with Crippen molar-refractivity contribution in [3.8, 4) is 0 Å². The average molecular weight is 211 g/mol. The quantitative estimate of drug-likeness (QED) is 0.824. The molecule has 0 unspecified atom stereocenters. The van der Waals surface area contributed by atoms with E-state index < -0.39 is 0 Å². The maximum Gasteiger partial charge on any atom is 0.257 e. The minimum atomic E-state index is -0.144. The van der Waals surface area contributed by atoms with Crippen LogP contribution in [0.4, 0.5) is 5.82 Å². The lowest BCUT2D eigenvalue weighted by Crippen LogP contribution is -2.10. The molecular weight excluding hydrogens is 206 g/mol. The molecule has 0 aromatic carbocycles. The number of amides is 1. The van der Waals surface area contributed by atoms with Gasteiger partial charge in [-0.2, -0.15) is 11.3 Å². The van der Waals surface area contributed by atoms with E-state index in [4.69, 9.17) is 0 Å². The van der Waals surface area contributed by atoms with Gasteiger partial charge in [0.25, 0.3) is 5.91 Å². The molecular formula is C7H5N3OS2. The van der Waals surface area contributed by atoms with Crippen molar-refractivity contribution in [2.24, 2.45) is 0 Å². The van der Waals surface area contributed by atoms with Gasteiger partial charge in [-0.05, 0) is 23.0 Å². The molecule has 0 saturated carbocycles. The molecule has 0 aliphatic carbocycles. The molecule has 0 saturated heterocycles. The van der Waals surface area contributed by atoms with Gasteiger partial charge >= 0.3 is 0 Å². The number of carbonyl (C=O) groups is 1. The van der Waals surface area contributed by atoms with E-state index in [-0.39, 0.29) is 5.91 Å². The Bertz CT molecular complexity index is 382. The van der Waals surface area contributed by atoms with Crippen molar-refractivity contribution in [1.82, 2.24) is 9.59 Å². The second-order valence-corrected chi connectivity index (χ2v) is 3.65. The van der Waals surface area contributed by atoms with Crippen LogP contribution in [0.3, 0.4) is 0 Å². The van der Waals surface area contributed by atoms with Crippen LogP contribution in [0.5, 0.6) is 0 Å². The van der Waals surface area contributed by atoms with E-state index in [9.17, 15) is 4.79 Å². The summed E-state index contributed by atoms with van der Waals surface area (Å²) >= 11 is 2.69. The third-order valence-electron chi connectivity index (χ3n) is 1.39. The second kappa shape index (κ2) is 3.63. The first-order valence-corrected chi connectivity index (χ1v) is 5.25. The minimum absolute atomic E-state index is 0.144. The normalized spacial score (nSPS) is 9.85. The van der Waals surface area contributed by atoms with Gasteiger partial charge in [0.05, 0.1) is 10.9 Å². The van der Waals surface area contributed by atoms with E-state index in [1.54, 1.807) is 16.8 Å². The topological polar surface area (TPSA) is 54.9 Å². The lowest BCUT2D eigenvalue weighted by molar-refractivity contribution is 0.102. The molecule has 13 heavy (non-hydrogen) atoms. The van der Waals surface area contributed by atoms with Crippen LogP contribution in [0.25, 0.3) is 0 Å². The Morgan fingerprint density at radius 1 is 1.46 bits per heavy atom. The largest absolute Gasteiger partial charge is 0.304 e. The number of anilines is 1. The van der Waals surface area contributed by atoms with Gasteiger partial charge in [-0.25, -0.2) is 0 Å². The van der Waals surface area contributed by atoms with E-state index in [1.807, 2.05) is 5.38 Å². The monoisotopic (exact) mass is 211 g/mol. The highest BCUT2D eigenvalue weighted by molar-refractivity contribution is 7.08. The summed E-state index contributed by atoms with van der Waals surface area (Å²) in [6, 6.07) is 1.76. The molecule has 1 N–H and O–H groups in total. The lowest BCUT2D eigenvalue weighted by Gasteiger charge is -1.96. The Morgan fingerprint density at radius 2 is 2.38 bits per heavy atom. The number of hydrogen-bond donors (Lipinski definition) is 1. The van der Waals surface area contributed by atoms with Crippen LogP contribution in [-0.2, 0) is 0 Å². The lowest BCUT2D eigenvalue weighted by atomic mass is 10.3. The molecule has 2 rings (SSSR count). The predicted molar refractivity (Wildman–Crippen MR) is 52.2 cm³/mol. The molecule has 0 spiro atoms. The van der Waals surface area contributed by atoms with Crippen molar-refractivity contribution >= 4 is 34.6 Å². The number of hydrogen-bond acceptors (Lipinski definition) is 5. The van der Waals surface area contributed by atoms with Crippen LogP contribution < -0.4 is 5.32 Å². The minimum Gasteiger partial charge on any atom is -0.304 e. The molecule has 6 heteroatoms.